The Morgan fingerprint density at radius 2 is 2.18 bits per heavy atom. The molecule has 1 heterocycles. The fraction of sp³-hybridized carbons (Fsp3) is 0.800. The molecule has 7 heteroatoms. The first-order valence-corrected chi connectivity index (χ1v) is 6.64. The Labute approximate surface area is 104 Å². The largest absolute Gasteiger partial charge is 0.480 e. The van der Waals surface area contributed by atoms with Gasteiger partial charge in [0.15, 0.2) is 6.04 Å². The van der Waals surface area contributed by atoms with Gasteiger partial charge in [-0.05, 0) is 13.8 Å². The third-order valence-corrected chi connectivity index (χ3v) is 3.85. The van der Waals surface area contributed by atoms with Gasteiger partial charge >= 0.3 is 12.0 Å². The van der Waals surface area contributed by atoms with E-state index < -0.39 is 24.1 Å². The van der Waals surface area contributed by atoms with Crippen LogP contribution in [0.5, 0.6) is 0 Å². The second-order valence-corrected chi connectivity index (χ2v) is 5.27. The molecule has 0 aromatic heterocycles. The molecule has 0 spiro atoms. The summed E-state index contributed by atoms with van der Waals surface area (Å²) in [5, 5.41) is 20.5. The molecule has 2 amide bonds. The molecule has 98 valence electrons. The first-order valence-electron chi connectivity index (χ1n) is 5.49. The minimum Gasteiger partial charge on any atom is -0.480 e. The van der Waals surface area contributed by atoms with Crippen LogP contribution in [-0.4, -0.2) is 63.4 Å². The van der Waals surface area contributed by atoms with E-state index in [2.05, 4.69) is 5.32 Å². The molecular weight excluding hydrogens is 244 g/mol. The quantitative estimate of drug-likeness (QED) is 0.664. The number of carbonyl (C=O) groups is 2. The molecule has 1 rings (SSSR count). The van der Waals surface area contributed by atoms with Crippen LogP contribution in [0.2, 0.25) is 0 Å². The Balaban J connectivity index is 2.60. The highest BCUT2D eigenvalue weighted by Crippen LogP contribution is 2.16. The van der Waals surface area contributed by atoms with Crippen molar-refractivity contribution in [3.8, 4) is 0 Å². The zero-order valence-corrected chi connectivity index (χ0v) is 10.7. The van der Waals surface area contributed by atoms with E-state index in [9.17, 15) is 14.7 Å². The molecule has 1 saturated heterocycles. The number of aliphatic hydroxyl groups is 1. The van der Waals surface area contributed by atoms with Gasteiger partial charge in [-0.25, -0.2) is 9.59 Å². The molecule has 3 N–H and O–H groups in total. The Kier molecular flexibility index (Phi) is 5.07. The minimum atomic E-state index is -1.26. The van der Waals surface area contributed by atoms with Crippen molar-refractivity contribution in [1.82, 2.24) is 10.2 Å². The lowest BCUT2D eigenvalue weighted by atomic mass is 10.2. The van der Waals surface area contributed by atoms with E-state index in [0.717, 1.165) is 11.5 Å². The summed E-state index contributed by atoms with van der Waals surface area (Å²) in [7, 11) is 0. The fourth-order valence-corrected chi connectivity index (χ4v) is 2.65. The summed E-state index contributed by atoms with van der Waals surface area (Å²) >= 11 is 1.77. The SMILES string of the molecule is CC(O)C(NC(=O)N1CCSCC1C)C(=O)O. The molecule has 1 aliphatic heterocycles. The van der Waals surface area contributed by atoms with Crippen molar-refractivity contribution in [1.29, 1.82) is 0 Å². The molecule has 3 unspecified atom stereocenters. The number of thioether (sulfide) groups is 1. The lowest BCUT2D eigenvalue weighted by Gasteiger charge is -2.34. The van der Waals surface area contributed by atoms with Crippen molar-refractivity contribution in [2.24, 2.45) is 0 Å². The normalized spacial score (nSPS) is 23.9. The van der Waals surface area contributed by atoms with E-state index in [1.54, 1.807) is 16.7 Å². The highest BCUT2D eigenvalue weighted by Gasteiger charge is 2.30. The highest BCUT2D eigenvalue weighted by molar-refractivity contribution is 7.99. The molecule has 17 heavy (non-hydrogen) atoms. The predicted octanol–water partition coefficient (Wildman–Crippen LogP) is -0.0327. The number of hydrogen-bond donors (Lipinski definition) is 3. The van der Waals surface area contributed by atoms with E-state index in [1.165, 1.54) is 6.92 Å². The molecule has 0 aliphatic carbocycles. The van der Waals surface area contributed by atoms with Crippen molar-refractivity contribution in [2.75, 3.05) is 18.1 Å². The number of nitrogens with one attached hydrogen (secondary N) is 1. The molecule has 0 radical (unpaired) electrons. The van der Waals surface area contributed by atoms with Crippen LogP contribution in [0.25, 0.3) is 0 Å². The van der Waals surface area contributed by atoms with Crippen LogP contribution >= 0.6 is 11.8 Å². The number of carboxylic acid groups (broad SMARTS) is 1. The van der Waals surface area contributed by atoms with Crippen molar-refractivity contribution in [3.05, 3.63) is 0 Å². The number of aliphatic carboxylic acids is 1. The Morgan fingerprint density at radius 1 is 1.53 bits per heavy atom. The highest BCUT2D eigenvalue weighted by atomic mass is 32.2. The Morgan fingerprint density at radius 3 is 2.65 bits per heavy atom. The van der Waals surface area contributed by atoms with Gasteiger partial charge < -0.3 is 20.4 Å². The number of nitrogens with zero attached hydrogens (tertiary/aromatic N) is 1. The van der Waals surface area contributed by atoms with Crippen molar-refractivity contribution >= 4 is 23.8 Å². The van der Waals surface area contributed by atoms with E-state index >= 15 is 0 Å². The summed E-state index contributed by atoms with van der Waals surface area (Å²) in [5.41, 5.74) is 0. The standard InChI is InChI=1S/C10H18N2O4S/c1-6-5-17-4-3-12(6)10(16)11-8(7(2)13)9(14)15/h6-8,13H,3-5H2,1-2H3,(H,11,16)(H,14,15). The zero-order chi connectivity index (χ0) is 13.0. The molecule has 6 nitrogen and oxygen atoms in total. The number of amides is 2. The average Bonchev–Trinajstić information content (AvgIpc) is 2.25. The second-order valence-electron chi connectivity index (χ2n) is 4.12. The summed E-state index contributed by atoms with van der Waals surface area (Å²) < 4.78 is 0. The van der Waals surface area contributed by atoms with E-state index in [4.69, 9.17) is 5.11 Å². The summed E-state index contributed by atoms with van der Waals surface area (Å²) in [4.78, 5) is 24.3. The summed E-state index contributed by atoms with van der Waals surface area (Å²) in [6.45, 7) is 3.86. The lowest BCUT2D eigenvalue weighted by Crippen LogP contribution is -2.56. The van der Waals surface area contributed by atoms with Gasteiger partial charge in [0.05, 0.1) is 6.10 Å². The first kappa shape index (κ1) is 14.1. The maximum Gasteiger partial charge on any atom is 0.328 e. The van der Waals surface area contributed by atoms with E-state index in [0.29, 0.717) is 6.54 Å². The van der Waals surface area contributed by atoms with Crippen LogP contribution < -0.4 is 5.32 Å². The number of urea groups is 1. The monoisotopic (exact) mass is 262 g/mol. The number of hydrogen-bond acceptors (Lipinski definition) is 4. The lowest BCUT2D eigenvalue weighted by molar-refractivity contribution is -0.141. The topological polar surface area (TPSA) is 89.9 Å². The van der Waals surface area contributed by atoms with Crippen LogP contribution in [0.15, 0.2) is 0 Å². The Bertz CT molecular complexity index is 298. The smallest absolute Gasteiger partial charge is 0.328 e. The minimum absolute atomic E-state index is 0.0807. The van der Waals surface area contributed by atoms with Crippen molar-refractivity contribution in [2.45, 2.75) is 32.0 Å². The fourth-order valence-electron chi connectivity index (χ4n) is 1.63. The number of carboxylic acids is 1. The molecule has 0 saturated carbocycles. The number of rotatable bonds is 3. The van der Waals surface area contributed by atoms with Gasteiger partial charge in [-0.3, -0.25) is 0 Å². The van der Waals surface area contributed by atoms with Crippen LogP contribution in [0.1, 0.15) is 13.8 Å². The average molecular weight is 262 g/mol. The summed E-state index contributed by atoms with van der Waals surface area (Å²) in [6.07, 6.45) is -1.12. The van der Waals surface area contributed by atoms with Gasteiger partial charge in [0.2, 0.25) is 0 Å². The maximum absolute atomic E-state index is 11.9. The van der Waals surface area contributed by atoms with Crippen LogP contribution in [0.3, 0.4) is 0 Å². The van der Waals surface area contributed by atoms with Crippen LogP contribution in [0, 0.1) is 0 Å². The summed E-state index contributed by atoms with van der Waals surface area (Å²) in [6, 6.07) is -1.60. The van der Waals surface area contributed by atoms with Crippen molar-refractivity contribution in [3.63, 3.8) is 0 Å². The number of carbonyl (C=O) groups excluding carboxylic acids is 1. The molecule has 0 bridgehead atoms. The Hall–Kier alpha value is -0.950. The molecular formula is C10H18N2O4S. The van der Waals surface area contributed by atoms with E-state index in [-0.39, 0.29) is 6.04 Å². The third kappa shape index (κ3) is 3.78. The van der Waals surface area contributed by atoms with Crippen LogP contribution in [0.4, 0.5) is 4.79 Å². The first-order chi connectivity index (χ1) is 7.93. The van der Waals surface area contributed by atoms with Gasteiger partial charge in [0.25, 0.3) is 0 Å². The zero-order valence-electron chi connectivity index (χ0n) is 9.92. The molecule has 1 fully saturated rings. The molecule has 0 aromatic rings. The van der Waals surface area contributed by atoms with E-state index in [1.807, 2.05) is 6.92 Å². The molecule has 0 aromatic carbocycles. The summed E-state index contributed by atoms with van der Waals surface area (Å²) in [5.74, 6) is 0.469. The molecule has 3 atom stereocenters. The van der Waals surface area contributed by atoms with Crippen molar-refractivity contribution < 1.29 is 19.8 Å². The molecule has 1 aliphatic rings. The van der Waals surface area contributed by atoms with Gasteiger partial charge in [-0.15, -0.1) is 0 Å². The second kappa shape index (κ2) is 6.11. The van der Waals surface area contributed by atoms with Gasteiger partial charge in [-0.1, -0.05) is 0 Å². The van der Waals surface area contributed by atoms with Gasteiger partial charge in [0, 0.05) is 24.1 Å². The van der Waals surface area contributed by atoms with Crippen LogP contribution in [-0.2, 0) is 4.79 Å². The maximum atomic E-state index is 11.9. The predicted molar refractivity (Wildman–Crippen MR) is 65.1 cm³/mol. The van der Waals surface area contributed by atoms with Gasteiger partial charge in [0.1, 0.15) is 0 Å². The third-order valence-electron chi connectivity index (χ3n) is 2.66. The number of aliphatic hydroxyl groups excluding tert-OH is 1. The van der Waals surface area contributed by atoms with Gasteiger partial charge in [-0.2, -0.15) is 11.8 Å².